The van der Waals surface area contributed by atoms with Gasteiger partial charge in [0.1, 0.15) is 10.9 Å². The van der Waals surface area contributed by atoms with Crippen LogP contribution < -0.4 is 10.5 Å². The van der Waals surface area contributed by atoms with Crippen LogP contribution in [-0.4, -0.2) is 38.2 Å². The lowest BCUT2D eigenvalue weighted by molar-refractivity contribution is -0.137. The predicted molar refractivity (Wildman–Crippen MR) is 67.4 cm³/mol. The molecular weight excluding hydrogens is 270 g/mol. The second kappa shape index (κ2) is 4.63. The van der Waals surface area contributed by atoms with Gasteiger partial charge >= 0.3 is 0 Å². The van der Waals surface area contributed by atoms with E-state index >= 15 is 0 Å². The van der Waals surface area contributed by atoms with Gasteiger partial charge in [0.25, 0.3) is 0 Å². The first-order valence-electron chi connectivity index (χ1n) is 5.50. The molecule has 1 saturated heterocycles. The molecule has 1 atom stereocenters. The van der Waals surface area contributed by atoms with Gasteiger partial charge in [-0.05, 0) is 12.1 Å². The Morgan fingerprint density at radius 1 is 1.32 bits per heavy atom. The number of hydrogen-bond donors (Lipinski definition) is 2. The third-order valence-corrected chi connectivity index (χ3v) is 4.43. The first-order valence-corrected chi connectivity index (χ1v) is 6.98. The van der Waals surface area contributed by atoms with Gasteiger partial charge in [0.15, 0.2) is 0 Å². The number of sulfonamides is 1. The maximum absolute atomic E-state index is 12.1. The zero-order valence-corrected chi connectivity index (χ0v) is 11.0. The Kier molecular flexibility index (Phi) is 3.29. The van der Waals surface area contributed by atoms with Crippen LogP contribution in [0.4, 0.5) is 5.69 Å². The maximum Gasteiger partial charge on any atom is 0.247 e. The van der Waals surface area contributed by atoms with Crippen molar-refractivity contribution in [3.63, 3.8) is 0 Å². The van der Waals surface area contributed by atoms with Crippen molar-refractivity contribution >= 4 is 27.5 Å². The second-order valence-corrected chi connectivity index (χ2v) is 5.89. The zero-order valence-electron chi connectivity index (χ0n) is 10.2. The molecule has 0 radical (unpaired) electrons. The van der Waals surface area contributed by atoms with Crippen molar-refractivity contribution in [1.29, 1.82) is 0 Å². The topological polar surface area (TPSA) is 110 Å². The number of carbonyl (C=O) groups excluding carboxylic acids is 2. The number of benzene rings is 1. The summed E-state index contributed by atoms with van der Waals surface area (Å²) >= 11 is 0. The lowest BCUT2D eigenvalue weighted by atomic mass is 10.3. The van der Waals surface area contributed by atoms with Crippen LogP contribution in [0.15, 0.2) is 29.2 Å². The number of nitrogens with two attached hydrogens (primary N) is 1. The Morgan fingerprint density at radius 2 is 1.95 bits per heavy atom. The quantitative estimate of drug-likeness (QED) is 0.563. The Hall–Kier alpha value is -1.93. The van der Waals surface area contributed by atoms with Crippen LogP contribution in [0.2, 0.25) is 0 Å². The highest BCUT2D eigenvalue weighted by Gasteiger charge is 2.38. The number of anilines is 1. The summed E-state index contributed by atoms with van der Waals surface area (Å²) in [5, 5.41) is 0. The van der Waals surface area contributed by atoms with Crippen LogP contribution >= 0.6 is 0 Å². The van der Waals surface area contributed by atoms with E-state index in [1.54, 1.807) is 6.07 Å². The molecule has 0 aromatic heterocycles. The van der Waals surface area contributed by atoms with Crippen LogP contribution in [0, 0.1) is 0 Å². The minimum atomic E-state index is -3.93. The fourth-order valence-corrected chi connectivity index (χ4v) is 3.15. The summed E-state index contributed by atoms with van der Waals surface area (Å²) in [5.74, 6) is -0.984. The van der Waals surface area contributed by atoms with Gasteiger partial charge in [-0.15, -0.1) is 0 Å². The number of likely N-dealkylation sites (N-methyl/N-ethyl adjacent to an activating group) is 1. The van der Waals surface area contributed by atoms with Crippen molar-refractivity contribution in [3.8, 4) is 0 Å². The number of likely N-dealkylation sites (tertiary alicyclic amines) is 1. The Balaban J connectivity index is 2.27. The van der Waals surface area contributed by atoms with E-state index in [-0.39, 0.29) is 17.0 Å². The van der Waals surface area contributed by atoms with Crippen LogP contribution in [0.5, 0.6) is 0 Å². The SMILES string of the molecule is CN1C(=O)CC(NS(=O)(=O)c2ccccc2N)C1=O. The fourth-order valence-electron chi connectivity index (χ4n) is 1.82. The largest absolute Gasteiger partial charge is 0.398 e. The van der Waals surface area contributed by atoms with Crippen molar-refractivity contribution in [2.24, 2.45) is 0 Å². The van der Waals surface area contributed by atoms with Gasteiger partial charge in [-0.25, -0.2) is 8.42 Å². The zero-order chi connectivity index (χ0) is 14.2. The number of amides is 2. The van der Waals surface area contributed by atoms with Gasteiger partial charge in [0.2, 0.25) is 21.8 Å². The minimum absolute atomic E-state index is 0.0835. The summed E-state index contributed by atoms with van der Waals surface area (Å²) in [7, 11) is -2.61. The molecule has 1 aromatic rings. The van der Waals surface area contributed by atoms with Crippen molar-refractivity contribution in [2.45, 2.75) is 17.4 Å². The molecule has 0 aliphatic carbocycles. The molecule has 2 rings (SSSR count). The molecule has 1 heterocycles. The third-order valence-electron chi connectivity index (χ3n) is 2.89. The smallest absolute Gasteiger partial charge is 0.247 e. The number of carbonyl (C=O) groups is 2. The summed E-state index contributed by atoms with van der Waals surface area (Å²) < 4.78 is 26.4. The molecule has 102 valence electrons. The number of rotatable bonds is 3. The Labute approximate surface area is 110 Å². The molecule has 3 N–H and O–H groups in total. The average molecular weight is 283 g/mol. The highest BCUT2D eigenvalue weighted by Crippen LogP contribution is 2.19. The van der Waals surface area contributed by atoms with Gasteiger partial charge < -0.3 is 5.73 Å². The average Bonchev–Trinajstić information content (AvgIpc) is 2.57. The Morgan fingerprint density at radius 3 is 2.47 bits per heavy atom. The van der Waals surface area contributed by atoms with Crippen LogP contribution in [0.3, 0.4) is 0 Å². The third kappa shape index (κ3) is 2.45. The van der Waals surface area contributed by atoms with Gasteiger partial charge in [-0.3, -0.25) is 14.5 Å². The van der Waals surface area contributed by atoms with E-state index in [1.807, 2.05) is 0 Å². The standard InChI is InChI=1S/C11H13N3O4S/c1-14-10(15)6-8(11(14)16)13-19(17,18)9-5-3-2-4-7(9)12/h2-5,8,13H,6,12H2,1H3. The van der Waals surface area contributed by atoms with Crippen LogP contribution in [0.1, 0.15) is 6.42 Å². The molecule has 1 fully saturated rings. The lowest BCUT2D eigenvalue weighted by Crippen LogP contribution is -2.40. The monoisotopic (exact) mass is 283 g/mol. The Bertz CT molecular complexity index is 641. The van der Waals surface area contributed by atoms with Crippen molar-refractivity contribution in [3.05, 3.63) is 24.3 Å². The number of nitrogens with one attached hydrogen (secondary N) is 1. The predicted octanol–water partition coefficient (Wildman–Crippen LogP) is -0.696. The highest BCUT2D eigenvalue weighted by molar-refractivity contribution is 7.89. The molecular formula is C11H13N3O4S. The summed E-state index contributed by atoms with van der Waals surface area (Å²) in [6.07, 6.45) is -0.179. The molecule has 19 heavy (non-hydrogen) atoms. The highest BCUT2D eigenvalue weighted by atomic mass is 32.2. The molecule has 2 amide bonds. The number of para-hydroxylation sites is 1. The first kappa shape index (κ1) is 13.5. The molecule has 1 unspecified atom stereocenters. The van der Waals surface area contributed by atoms with Crippen molar-refractivity contribution < 1.29 is 18.0 Å². The summed E-state index contributed by atoms with van der Waals surface area (Å²) in [4.78, 5) is 23.8. The maximum atomic E-state index is 12.1. The molecule has 8 heteroatoms. The van der Waals surface area contributed by atoms with E-state index < -0.39 is 27.9 Å². The number of nitrogen functional groups attached to an aromatic ring is 1. The van der Waals surface area contributed by atoms with Gasteiger partial charge in [-0.1, -0.05) is 12.1 Å². The molecule has 1 aliphatic rings. The summed E-state index contributed by atoms with van der Waals surface area (Å²) in [6.45, 7) is 0. The van der Waals surface area contributed by atoms with E-state index in [2.05, 4.69) is 4.72 Å². The summed E-state index contributed by atoms with van der Waals surface area (Å²) in [6, 6.07) is 4.85. The summed E-state index contributed by atoms with van der Waals surface area (Å²) in [5.41, 5.74) is 5.67. The second-order valence-electron chi connectivity index (χ2n) is 4.21. The van der Waals surface area contributed by atoms with E-state index in [1.165, 1.54) is 25.2 Å². The van der Waals surface area contributed by atoms with E-state index in [9.17, 15) is 18.0 Å². The number of imide groups is 1. The number of hydrogen-bond acceptors (Lipinski definition) is 5. The molecule has 0 saturated carbocycles. The van der Waals surface area contributed by atoms with Crippen molar-refractivity contribution in [1.82, 2.24) is 9.62 Å². The van der Waals surface area contributed by atoms with Crippen LogP contribution in [0.25, 0.3) is 0 Å². The molecule has 0 spiro atoms. The van der Waals surface area contributed by atoms with E-state index in [4.69, 9.17) is 5.73 Å². The van der Waals surface area contributed by atoms with E-state index in [0.717, 1.165) is 4.90 Å². The van der Waals surface area contributed by atoms with Crippen LogP contribution in [-0.2, 0) is 19.6 Å². The van der Waals surface area contributed by atoms with Crippen molar-refractivity contribution in [2.75, 3.05) is 12.8 Å². The molecule has 1 aliphatic heterocycles. The van der Waals surface area contributed by atoms with Gasteiger partial charge in [-0.2, -0.15) is 4.72 Å². The first-order chi connectivity index (χ1) is 8.83. The number of nitrogens with zero attached hydrogens (tertiary/aromatic N) is 1. The van der Waals surface area contributed by atoms with E-state index in [0.29, 0.717) is 0 Å². The minimum Gasteiger partial charge on any atom is -0.398 e. The normalized spacial score (nSPS) is 20.1. The van der Waals surface area contributed by atoms with Gasteiger partial charge in [0, 0.05) is 7.05 Å². The molecule has 1 aromatic carbocycles. The lowest BCUT2D eigenvalue weighted by Gasteiger charge is -2.12. The molecule has 0 bridgehead atoms. The fraction of sp³-hybridized carbons (Fsp3) is 0.273. The molecule has 7 nitrogen and oxygen atoms in total. The van der Waals surface area contributed by atoms with Gasteiger partial charge in [0.05, 0.1) is 12.1 Å².